The number of hydrogen-bond donors (Lipinski definition) is 1. The van der Waals surface area contributed by atoms with Gasteiger partial charge in [-0.25, -0.2) is 0 Å². The van der Waals surface area contributed by atoms with Crippen LogP contribution in [0.3, 0.4) is 0 Å². The number of hydrogen-bond acceptors (Lipinski definition) is 3. The van der Waals surface area contributed by atoms with Gasteiger partial charge in [0.05, 0.1) is 11.9 Å². The highest BCUT2D eigenvalue weighted by atomic mass is 16.5. The van der Waals surface area contributed by atoms with E-state index in [9.17, 15) is 0 Å². The number of nitrogens with zero attached hydrogens (tertiary/aromatic N) is 1. The third-order valence-corrected chi connectivity index (χ3v) is 2.47. The molecule has 0 saturated carbocycles. The highest BCUT2D eigenvalue weighted by molar-refractivity contribution is 5.20. The standard InChI is InChI=1S/C14H22N2O/c1-4-8-15-9-13-6-7-14(10-16-13)17-11-12(3)5-2/h6-7,10,15H,3-5,8-9,11H2,1-2H3. The monoisotopic (exact) mass is 234 g/mol. The van der Waals surface area contributed by atoms with E-state index in [0.29, 0.717) is 6.61 Å². The average molecular weight is 234 g/mol. The summed E-state index contributed by atoms with van der Waals surface area (Å²) in [5.74, 6) is 0.804. The summed E-state index contributed by atoms with van der Waals surface area (Å²) in [7, 11) is 0. The Morgan fingerprint density at radius 2 is 2.24 bits per heavy atom. The minimum Gasteiger partial charge on any atom is -0.488 e. The largest absolute Gasteiger partial charge is 0.488 e. The zero-order chi connectivity index (χ0) is 12.5. The van der Waals surface area contributed by atoms with Gasteiger partial charge in [0.25, 0.3) is 0 Å². The van der Waals surface area contributed by atoms with Crippen LogP contribution < -0.4 is 10.1 Å². The first-order valence-electron chi connectivity index (χ1n) is 6.21. The van der Waals surface area contributed by atoms with E-state index >= 15 is 0 Å². The summed E-state index contributed by atoms with van der Waals surface area (Å²) in [4.78, 5) is 4.34. The van der Waals surface area contributed by atoms with Crippen LogP contribution in [0.5, 0.6) is 5.75 Å². The van der Waals surface area contributed by atoms with Gasteiger partial charge in [0.1, 0.15) is 12.4 Å². The second-order valence-electron chi connectivity index (χ2n) is 4.05. The van der Waals surface area contributed by atoms with Crippen LogP contribution in [0.25, 0.3) is 0 Å². The quantitative estimate of drug-likeness (QED) is 0.554. The van der Waals surface area contributed by atoms with Gasteiger partial charge in [0.2, 0.25) is 0 Å². The molecule has 0 aliphatic carbocycles. The van der Waals surface area contributed by atoms with E-state index in [2.05, 4.69) is 30.7 Å². The second kappa shape index (κ2) is 7.85. The highest BCUT2D eigenvalue weighted by Crippen LogP contribution is 2.10. The Labute approximate surface area is 104 Å². The van der Waals surface area contributed by atoms with Gasteiger partial charge >= 0.3 is 0 Å². The Hall–Kier alpha value is -1.35. The summed E-state index contributed by atoms with van der Waals surface area (Å²) < 4.78 is 5.56. The van der Waals surface area contributed by atoms with Crippen molar-refractivity contribution in [3.63, 3.8) is 0 Å². The fraction of sp³-hybridized carbons (Fsp3) is 0.500. The van der Waals surface area contributed by atoms with E-state index in [1.165, 1.54) is 0 Å². The molecule has 3 heteroatoms. The summed E-state index contributed by atoms with van der Waals surface area (Å²) in [6.45, 7) is 10.5. The third-order valence-electron chi connectivity index (χ3n) is 2.47. The predicted octanol–water partition coefficient (Wildman–Crippen LogP) is 2.93. The van der Waals surface area contributed by atoms with Gasteiger partial charge in [0.15, 0.2) is 0 Å². The second-order valence-corrected chi connectivity index (χ2v) is 4.05. The fourth-order valence-corrected chi connectivity index (χ4v) is 1.28. The maximum absolute atomic E-state index is 5.56. The molecule has 0 atom stereocenters. The van der Waals surface area contributed by atoms with Crippen molar-refractivity contribution in [2.75, 3.05) is 13.2 Å². The first kappa shape index (κ1) is 13.7. The van der Waals surface area contributed by atoms with E-state index in [0.717, 1.165) is 42.9 Å². The smallest absolute Gasteiger partial charge is 0.138 e. The zero-order valence-electron chi connectivity index (χ0n) is 10.8. The van der Waals surface area contributed by atoms with E-state index in [-0.39, 0.29) is 0 Å². The molecule has 0 bridgehead atoms. The van der Waals surface area contributed by atoms with Crippen LogP contribution in [-0.2, 0) is 6.54 Å². The number of nitrogens with one attached hydrogen (secondary N) is 1. The van der Waals surface area contributed by atoms with Crippen LogP contribution in [0.2, 0.25) is 0 Å². The molecule has 0 aliphatic heterocycles. The van der Waals surface area contributed by atoms with Gasteiger partial charge < -0.3 is 10.1 Å². The van der Waals surface area contributed by atoms with Crippen LogP contribution in [0.1, 0.15) is 32.4 Å². The van der Waals surface area contributed by atoms with Gasteiger partial charge in [-0.05, 0) is 37.1 Å². The van der Waals surface area contributed by atoms with Crippen LogP contribution in [0.4, 0.5) is 0 Å². The first-order chi connectivity index (χ1) is 8.26. The van der Waals surface area contributed by atoms with Crippen molar-refractivity contribution in [3.8, 4) is 5.75 Å². The molecule has 0 saturated heterocycles. The van der Waals surface area contributed by atoms with Crippen molar-refractivity contribution in [1.29, 1.82) is 0 Å². The summed E-state index contributed by atoms with van der Waals surface area (Å²) in [6, 6.07) is 3.95. The van der Waals surface area contributed by atoms with Crippen molar-refractivity contribution in [1.82, 2.24) is 10.3 Å². The molecule has 1 heterocycles. The lowest BCUT2D eigenvalue weighted by Crippen LogP contribution is -2.14. The van der Waals surface area contributed by atoms with E-state index in [1.807, 2.05) is 12.1 Å². The number of pyridine rings is 1. The van der Waals surface area contributed by atoms with Crippen LogP contribution in [-0.4, -0.2) is 18.1 Å². The number of rotatable bonds is 8. The van der Waals surface area contributed by atoms with Crippen molar-refractivity contribution in [2.24, 2.45) is 0 Å². The van der Waals surface area contributed by atoms with Crippen LogP contribution in [0, 0.1) is 0 Å². The van der Waals surface area contributed by atoms with E-state index in [1.54, 1.807) is 6.20 Å². The molecule has 17 heavy (non-hydrogen) atoms. The molecular formula is C14H22N2O. The molecule has 1 aromatic rings. The molecule has 0 amide bonds. The average Bonchev–Trinajstić information content (AvgIpc) is 2.37. The minimum atomic E-state index is 0.575. The molecule has 1 aromatic heterocycles. The van der Waals surface area contributed by atoms with Gasteiger partial charge in [-0.15, -0.1) is 0 Å². The predicted molar refractivity (Wildman–Crippen MR) is 71.2 cm³/mol. The maximum atomic E-state index is 5.56. The summed E-state index contributed by atoms with van der Waals surface area (Å²) in [6.07, 6.45) is 3.86. The van der Waals surface area contributed by atoms with Gasteiger partial charge in [-0.2, -0.15) is 0 Å². The Morgan fingerprint density at radius 1 is 1.41 bits per heavy atom. The number of aromatic nitrogens is 1. The molecule has 0 aliphatic rings. The summed E-state index contributed by atoms with van der Waals surface area (Å²) in [5, 5.41) is 3.31. The molecule has 94 valence electrons. The summed E-state index contributed by atoms with van der Waals surface area (Å²) in [5.41, 5.74) is 2.14. The Kier molecular flexibility index (Phi) is 6.33. The van der Waals surface area contributed by atoms with Crippen molar-refractivity contribution in [2.45, 2.75) is 33.2 Å². The molecule has 3 nitrogen and oxygen atoms in total. The van der Waals surface area contributed by atoms with Crippen molar-refractivity contribution in [3.05, 3.63) is 36.2 Å². The lowest BCUT2D eigenvalue weighted by molar-refractivity contribution is 0.347. The normalized spacial score (nSPS) is 10.2. The van der Waals surface area contributed by atoms with Crippen molar-refractivity contribution < 1.29 is 4.74 Å². The van der Waals surface area contributed by atoms with Crippen LogP contribution in [0.15, 0.2) is 30.5 Å². The lowest BCUT2D eigenvalue weighted by Gasteiger charge is -2.07. The molecule has 0 aromatic carbocycles. The first-order valence-corrected chi connectivity index (χ1v) is 6.21. The highest BCUT2D eigenvalue weighted by Gasteiger charge is 1.97. The molecule has 0 fully saturated rings. The maximum Gasteiger partial charge on any atom is 0.138 e. The number of ether oxygens (including phenoxy) is 1. The molecule has 0 unspecified atom stereocenters. The van der Waals surface area contributed by atoms with Crippen molar-refractivity contribution >= 4 is 0 Å². The zero-order valence-corrected chi connectivity index (χ0v) is 10.8. The van der Waals surface area contributed by atoms with Gasteiger partial charge in [0, 0.05) is 6.54 Å². The Bertz CT molecular complexity index is 333. The molecule has 0 spiro atoms. The van der Waals surface area contributed by atoms with E-state index in [4.69, 9.17) is 4.74 Å². The Morgan fingerprint density at radius 3 is 2.82 bits per heavy atom. The van der Waals surface area contributed by atoms with E-state index < -0.39 is 0 Å². The van der Waals surface area contributed by atoms with Gasteiger partial charge in [-0.3, -0.25) is 4.98 Å². The lowest BCUT2D eigenvalue weighted by atomic mass is 10.2. The molecule has 1 N–H and O–H groups in total. The molecule has 0 radical (unpaired) electrons. The topological polar surface area (TPSA) is 34.1 Å². The minimum absolute atomic E-state index is 0.575. The molecular weight excluding hydrogens is 212 g/mol. The Balaban J connectivity index is 2.36. The van der Waals surface area contributed by atoms with Crippen LogP contribution >= 0.6 is 0 Å². The fourth-order valence-electron chi connectivity index (χ4n) is 1.28. The van der Waals surface area contributed by atoms with Gasteiger partial charge in [-0.1, -0.05) is 20.4 Å². The molecule has 1 rings (SSSR count). The third kappa shape index (κ3) is 5.50. The summed E-state index contributed by atoms with van der Waals surface area (Å²) >= 11 is 0. The SMILES string of the molecule is C=C(CC)COc1ccc(CNCCC)nc1.